The van der Waals surface area contributed by atoms with E-state index in [0.29, 0.717) is 11.1 Å². The molecule has 0 aliphatic rings. The highest BCUT2D eigenvalue weighted by Crippen LogP contribution is 2.11. The Bertz CT molecular complexity index is 340. The van der Waals surface area contributed by atoms with Crippen molar-refractivity contribution in [3.05, 3.63) is 41.8 Å². The Morgan fingerprint density at radius 3 is 2.31 bits per heavy atom. The fourth-order valence-electron chi connectivity index (χ4n) is 1.09. The van der Waals surface area contributed by atoms with Gasteiger partial charge in [0, 0.05) is 5.56 Å². The molecule has 0 unspecified atom stereocenters. The standard InChI is InChI=1S/C11H10O2/c1-8(12)7-10-5-3-4-6-11(10)9(2)13/h3-6H,1-2H3. The predicted molar refractivity (Wildman–Crippen MR) is 49.5 cm³/mol. The fourth-order valence-corrected chi connectivity index (χ4v) is 1.09. The van der Waals surface area contributed by atoms with Crippen molar-refractivity contribution in [1.82, 2.24) is 0 Å². The molecule has 0 aliphatic carbocycles. The summed E-state index contributed by atoms with van der Waals surface area (Å²) in [5.41, 5.74) is 1.11. The Balaban J connectivity index is 3.04. The van der Waals surface area contributed by atoms with Crippen molar-refractivity contribution >= 4 is 11.6 Å². The van der Waals surface area contributed by atoms with Crippen LogP contribution in [0.25, 0.3) is 0 Å². The minimum Gasteiger partial charge on any atom is -0.299 e. The Kier molecular flexibility index (Phi) is 2.96. The van der Waals surface area contributed by atoms with E-state index in [-0.39, 0.29) is 11.6 Å². The molecule has 2 radical (unpaired) electrons. The average molecular weight is 174 g/mol. The Morgan fingerprint density at radius 2 is 1.77 bits per heavy atom. The van der Waals surface area contributed by atoms with Crippen LogP contribution in [0, 0.1) is 6.42 Å². The van der Waals surface area contributed by atoms with Gasteiger partial charge in [-0.2, -0.15) is 0 Å². The molecule has 0 aliphatic heterocycles. The third kappa shape index (κ3) is 2.51. The summed E-state index contributed by atoms with van der Waals surface area (Å²) in [6.45, 7) is 2.89. The number of carbonyl (C=O) groups is 2. The lowest BCUT2D eigenvalue weighted by molar-refractivity contribution is -0.113. The van der Waals surface area contributed by atoms with Crippen molar-refractivity contribution in [3.8, 4) is 0 Å². The Morgan fingerprint density at radius 1 is 1.15 bits per heavy atom. The highest BCUT2D eigenvalue weighted by Gasteiger charge is 2.08. The summed E-state index contributed by atoms with van der Waals surface area (Å²) in [5.74, 6) is -0.224. The molecule has 0 N–H and O–H groups in total. The van der Waals surface area contributed by atoms with Crippen molar-refractivity contribution in [2.75, 3.05) is 0 Å². The summed E-state index contributed by atoms with van der Waals surface area (Å²) < 4.78 is 0. The minimum absolute atomic E-state index is 0.0515. The van der Waals surface area contributed by atoms with E-state index in [4.69, 9.17) is 0 Å². The van der Waals surface area contributed by atoms with Gasteiger partial charge in [-0.15, -0.1) is 0 Å². The van der Waals surface area contributed by atoms with Gasteiger partial charge < -0.3 is 0 Å². The van der Waals surface area contributed by atoms with Crippen LogP contribution in [-0.4, -0.2) is 11.6 Å². The molecule has 0 spiro atoms. The molecule has 0 heterocycles. The molecule has 2 heteroatoms. The van der Waals surface area contributed by atoms with E-state index in [1.165, 1.54) is 13.8 Å². The van der Waals surface area contributed by atoms with Crippen LogP contribution in [0.3, 0.4) is 0 Å². The van der Waals surface area contributed by atoms with Gasteiger partial charge in [0.05, 0.1) is 6.42 Å². The first-order chi connectivity index (χ1) is 6.11. The van der Waals surface area contributed by atoms with Gasteiger partial charge in [0.1, 0.15) is 5.78 Å². The van der Waals surface area contributed by atoms with E-state index in [0.717, 1.165) is 0 Å². The number of ketones is 2. The molecule has 2 nitrogen and oxygen atoms in total. The second kappa shape index (κ2) is 3.99. The molecule has 0 amide bonds. The van der Waals surface area contributed by atoms with Crippen molar-refractivity contribution < 1.29 is 9.59 Å². The number of hydrogen-bond donors (Lipinski definition) is 0. The maximum atomic E-state index is 11.1. The van der Waals surface area contributed by atoms with Crippen molar-refractivity contribution in [3.63, 3.8) is 0 Å². The first kappa shape index (κ1) is 9.65. The quantitative estimate of drug-likeness (QED) is 0.656. The van der Waals surface area contributed by atoms with Gasteiger partial charge in [0.15, 0.2) is 5.78 Å². The van der Waals surface area contributed by atoms with Gasteiger partial charge in [0.2, 0.25) is 0 Å². The summed E-state index contributed by atoms with van der Waals surface area (Å²) in [7, 11) is 0. The molecule has 66 valence electrons. The second-order valence-electron chi connectivity index (χ2n) is 2.78. The van der Waals surface area contributed by atoms with E-state index in [1.54, 1.807) is 24.3 Å². The summed E-state index contributed by atoms with van der Waals surface area (Å²) in [6.07, 6.45) is 2.59. The maximum absolute atomic E-state index is 11.1. The lowest BCUT2D eigenvalue weighted by Gasteiger charge is -2.02. The minimum atomic E-state index is -0.172. The highest BCUT2D eigenvalue weighted by atomic mass is 16.1. The summed E-state index contributed by atoms with van der Waals surface area (Å²) in [5, 5.41) is 0. The van der Waals surface area contributed by atoms with E-state index in [1.807, 2.05) is 0 Å². The molecule has 1 aromatic carbocycles. The topological polar surface area (TPSA) is 34.1 Å². The monoisotopic (exact) mass is 174 g/mol. The zero-order valence-electron chi connectivity index (χ0n) is 7.63. The Labute approximate surface area is 77.6 Å². The highest BCUT2D eigenvalue weighted by molar-refractivity contribution is 5.99. The van der Waals surface area contributed by atoms with E-state index in [9.17, 15) is 9.59 Å². The van der Waals surface area contributed by atoms with Crippen LogP contribution < -0.4 is 0 Å². The van der Waals surface area contributed by atoms with Gasteiger partial charge in [0.25, 0.3) is 0 Å². The smallest absolute Gasteiger partial charge is 0.160 e. The Hall–Kier alpha value is -1.44. The lowest BCUT2D eigenvalue weighted by Crippen LogP contribution is -2.01. The van der Waals surface area contributed by atoms with E-state index >= 15 is 0 Å². The largest absolute Gasteiger partial charge is 0.299 e. The van der Waals surface area contributed by atoms with Gasteiger partial charge in [-0.05, 0) is 19.4 Å². The average Bonchev–Trinajstić information content (AvgIpc) is 2.03. The number of rotatable bonds is 3. The zero-order valence-corrected chi connectivity index (χ0v) is 7.63. The van der Waals surface area contributed by atoms with Crippen molar-refractivity contribution in [2.45, 2.75) is 13.8 Å². The summed E-state index contributed by atoms with van der Waals surface area (Å²) in [4.78, 5) is 21.9. The van der Waals surface area contributed by atoms with Gasteiger partial charge in [-0.3, -0.25) is 9.59 Å². The number of benzene rings is 1. The molecule has 1 aromatic rings. The van der Waals surface area contributed by atoms with Crippen LogP contribution in [0.1, 0.15) is 29.8 Å². The third-order valence-corrected chi connectivity index (χ3v) is 1.62. The van der Waals surface area contributed by atoms with Crippen LogP contribution in [0.5, 0.6) is 0 Å². The molecule has 13 heavy (non-hydrogen) atoms. The van der Waals surface area contributed by atoms with Crippen molar-refractivity contribution in [2.24, 2.45) is 0 Å². The molecular formula is C11H10O2. The lowest BCUT2D eigenvalue weighted by atomic mass is 10.0. The molecule has 0 atom stereocenters. The number of Topliss-reactive ketones (excluding diaryl/α,β-unsaturated/α-hetero) is 2. The molecular weight excluding hydrogens is 164 g/mol. The maximum Gasteiger partial charge on any atom is 0.160 e. The summed E-state index contributed by atoms with van der Waals surface area (Å²) >= 11 is 0. The normalized spacial score (nSPS) is 9.69. The SMILES string of the molecule is CC(=O)[C]c1ccccc1C(C)=O. The zero-order chi connectivity index (χ0) is 9.84. The predicted octanol–water partition coefficient (Wildman–Crippen LogP) is 1.91. The van der Waals surface area contributed by atoms with Gasteiger partial charge in [-0.1, -0.05) is 24.3 Å². The first-order valence-corrected chi connectivity index (χ1v) is 3.99. The van der Waals surface area contributed by atoms with Gasteiger partial charge in [-0.25, -0.2) is 0 Å². The first-order valence-electron chi connectivity index (χ1n) is 3.99. The van der Waals surface area contributed by atoms with Crippen molar-refractivity contribution in [1.29, 1.82) is 0 Å². The molecule has 1 rings (SSSR count). The van der Waals surface area contributed by atoms with Crippen LogP contribution >= 0.6 is 0 Å². The molecule has 0 saturated carbocycles. The summed E-state index contributed by atoms with van der Waals surface area (Å²) in [6, 6.07) is 6.94. The molecule has 0 aromatic heterocycles. The number of hydrogen-bond acceptors (Lipinski definition) is 2. The van der Waals surface area contributed by atoms with Crippen LogP contribution in [0.15, 0.2) is 24.3 Å². The van der Waals surface area contributed by atoms with E-state index < -0.39 is 0 Å². The van der Waals surface area contributed by atoms with Crippen LogP contribution in [0.4, 0.5) is 0 Å². The van der Waals surface area contributed by atoms with Crippen LogP contribution in [-0.2, 0) is 4.79 Å². The number of carbonyl (C=O) groups excluding carboxylic acids is 2. The van der Waals surface area contributed by atoms with Gasteiger partial charge >= 0.3 is 0 Å². The molecule has 0 saturated heterocycles. The van der Waals surface area contributed by atoms with E-state index in [2.05, 4.69) is 6.42 Å². The molecule has 0 bridgehead atoms. The third-order valence-electron chi connectivity index (χ3n) is 1.62. The fraction of sp³-hybridized carbons (Fsp3) is 0.182. The molecule has 0 fully saturated rings. The second-order valence-corrected chi connectivity index (χ2v) is 2.78. The van der Waals surface area contributed by atoms with Crippen LogP contribution in [0.2, 0.25) is 0 Å².